The first-order chi connectivity index (χ1) is 10.6. The molecule has 0 spiro atoms. The molecule has 3 heteroatoms. The smallest absolute Gasteiger partial charge is 0.192 e. The summed E-state index contributed by atoms with van der Waals surface area (Å²) in [5.41, 5.74) is 1.21. The summed E-state index contributed by atoms with van der Waals surface area (Å²) in [5.74, 6) is 0.409. The lowest BCUT2D eigenvalue weighted by atomic mass is 10.1. The van der Waals surface area contributed by atoms with Crippen LogP contribution in [0.3, 0.4) is 0 Å². The summed E-state index contributed by atoms with van der Waals surface area (Å²) >= 11 is 0. The summed E-state index contributed by atoms with van der Waals surface area (Å²) < 4.78 is 12.1. The molecule has 1 aromatic carbocycles. The Morgan fingerprint density at radius 3 is 2.22 bits per heavy atom. The Kier molecular flexibility index (Phi) is 7.72. The van der Waals surface area contributed by atoms with Crippen molar-refractivity contribution in [3.8, 4) is 0 Å². The molecule has 0 aliphatic carbocycles. The van der Waals surface area contributed by atoms with Crippen molar-refractivity contribution in [2.75, 3.05) is 6.61 Å². The van der Waals surface area contributed by atoms with E-state index in [1.165, 1.54) is 5.56 Å². The van der Waals surface area contributed by atoms with Gasteiger partial charge in [0.2, 0.25) is 0 Å². The highest BCUT2D eigenvalue weighted by atomic mass is 28.4. The third-order valence-electron chi connectivity index (χ3n) is 4.58. The standard InChI is InChI=1S/C20H34O2Si/c1-17(15-22-23(6,7)20(3,4)5)13-14-18(2)21-16-19-11-9-8-10-12-19/h8-14,17-18H,15-16H2,1-7H3/b14-13+/t17-,18+/m1/s1. The molecule has 0 saturated carbocycles. The van der Waals surface area contributed by atoms with Crippen LogP contribution in [0.4, 0.5) is 0 Å². The highest BCUT2D eigenvalue weighted by Crippen LogP contribution is 2.36. The van der Waals surface area contributed by atoms with Gasteiger partial charge in [-0.2, -0.15) is 0 Å². The molecule has 0 bridgehead atoms. The van der Waals surface area contributed by atoms with Crippen LogP contribution in [0.15, 0.2) is 42.5 Å². The second kappa shape index (κ2) is 8.81. The van der Waals surface area contributed by atoms with Crippen molar-refractivity contribution in [1.82, 2.24) is 0 Å². The third-order valence-corrected chi connectivity index (χ3v) is 9.08. The molecule has 0 unspecified atom stereocenters. The van der Waals surface area contributed by atoms with E-state index in [-0.39, 0.29) is 11.1 Å². The van der Waals surface area contributed by atoms with E-state index in [4.69, 9.17) is 9.16 Å². The van der Waals surface area contributed by atoms with Gasteiger partial charge in [0, 0.05) is 6.61 Å². The summed E-state index contributed by atoms with van der Waals surface area (Å²) in [6.07, 6.45) is 4.47. The van der Waals surface area contributed by atoms with E-state index in [0.29, 0.717) is 12.5 Å². The van der Waals surface area contributed by atoms with E-state index >= 15 is 0 Å². The Bertz CT molecular complexity index is 474. The maximum Gasteiger partial charge on any atom is 0.192 e. The Morgan fingerprint density at radius 1 is 1.04 bits per heavy atom. The first-order valence-electron chi connectivity index (χ1n) is 8.59. The molecule has 0 aromatic heterocycles. The number of hydrogen-bond acceptors (Lipinski definition) is 2. The van der Waals surface area contributed by atoms with E-state index in [9.17, 15) is 0 Å². The van der Waals surface area contributed by atoms with Crippen molar-refractivity contribution in [2.45, 2.75) is 65.5 Å². The minimum absolute atomic E-state index is 0.116. The average molecular weight is 335 g/mol. The van der Waals surface area contributed by atoms with Crippen LogP contribution in [0.25, 0.3) is 0 Å². The summed E-state index contributed by atoms with van der Waals surface area (Å²) in [7, 11) is -1.65. The van der Waals surface area contributed by atoms with Gasteiger partial charge in [0.25, 0.3) is 0 Å². The van der Waals surface area contributed by atoms with Crippen molar-refractivity contribution in [3.05, 3.63) is 48.0 Å². The van der Waals surface area contributed by atoms with Crippen LogP contribution < -0.4 is 0 Å². The van der Waals surface area contributed by atoms with Crippen LogP contribution in [-0.4, -0.2) is 21.0 Å². The van der Waals surface area contributed by atoms with E-state index < -0.39 is 8.32 Å². The van der Waals surface area contributed by atoms with Crippen LogP contribution in [-0.2, 0) is 15.8 Å². The zero-order valence-electron chi connectivity index (χ0n) is 15.9. The van der Waals surface area contributed by atoms with Gasteiger partial charge in [-0.15, -0.1) is 0 Å². The van der Waals surface area contributed by atoms with Crippen molar-refractivity contribution < 1.29 is 9.16 Å². The van der Waals surface area contributed by atoms with Gasteiger partial charge >= 0.3 is 0 Å². The molecular weight excluding hydrogens is 300 g/mol. The number of hydrogen-bond donors (Lipinski definition) is 0. The molecule has 0 heterocycles. The molecule has 1 rings (SSSR count). The minimum atomic E-state index is -1.65. The molecule has 0 N–H and O–H groups in total. The molecule has 0 amide bonds. The van der Waals surface area contributed by atoms with E-state index in [1.54, 1.807) is 0 Å². The van der Waals surface area contributed by atoms with E-state index in [1.807, 2.05) is 18.2 Å². The lowest BCUT2D eigenvalue weighted by molar-refractivity contribution is 0.0836. The molecule has 2 nitrogen and oxygen atoms in total. The largest absolute Gasteiger partial charge is 0.416 e. The fraction of sp³-hybridized carbons (Fsp3) is 0.600. The number of rotatable bonds is 8. The Hall–Kier alpha value is -0.903. The Morgan fingerprint density at radius 2 is 1.65 bits per heavy atom. The fourth-order valence-electron chi connectivity index (χ4n) is 1.82. The SMILES string of the molecule is C[C@H](/C=C/[C@H](C)OCc1ccccc1)CO[Si](C)(C)C(C)(C)C. The molecule has 1 aromatic rings. The average Bonchev–Trinajstić information content (AvgIpc) is 2.49. The maximum absolute atomic E-state index is 6.26. The normalized spacial score (nSPS) is 15.8. The number of benzene rings is 1. The van der Waals surface area contributed by atoms with E-state index in [2.05, 4.69) is 72.0 Å². The Balaban J connectivity index is 2.35. The molecule has 130 valence electrons. The van der Waals surface area contributed by atoms with Gasteiger partial charge in [-0.25, -0.2) is 0 Å². The second-order valence-corrected chi connectivity index (χ2v) is 12.7. The van der Waals surface area contributed by atoms with Crippen LogP contribution in [0.5, 0.6) is 0 Å². The van der Waals surface area contributed by atoms with Crippen LogP contribution in [0, 0.1) is 5.92 Å². The lowest BCUT2D eigenvalue weighted by Crippen LogP contribution is -2.41. The molecule has 2 atom stereocenters. The quantitative estimate of drug-likeness (QED) is 0.441. The van der Waals surface area contributed by atoms with Crippen LogP contribution >= 0.6 is 0 Å². The first kappa shape index (κ1) is 20.1. The molecule has 23 heavy (non-hydrogen) atoms. The van der Waals surface area contributed by atoms with Gasteiger partial charge in [0.05, 0.1) is 12.7 Å². The van der Waals surface area contributed by atoms with Crippen LogP contribution in [0.2, 0.25) is 18.1 Å². The first-order valence-corrected chi connectivity index (χ1v) is 11.5. The molecular formula is C20H34O2Si. The zero-order valence-corrected chi connectivity index (χ0v) is 16.9. The van der Waals surface area contributed by atoms with Crippen molar-refractivity contribution in [3.63, 3.8) is 0 Å². The molecule has 0 radical (unpaired) electrons. The summed E-state index contributed by atoms with van der Waals surface area (Å²) in [6, 6.07) is 10.3. The van der Waals surface area contributed by atoms with Gasteiger partial charge in [0.15, 0.2) is 8.32 Å². The van der Waals surface area contributed by atoms with Gasteiger partial charge < -0.3 is 9.16 Å². The predicted octanol–water partition coefficient (Wildman–Crippen LogP) is 5.81. The zero-order chi connectivity index (χ0) is 17.5. The topological polar surface area (TPSA) is 18.5 Å². The maximum atomic E-state index is 6.26. The molecule has 0 aliphatic rings. The van der Waals surface area contributed by atoms with E-state index in [0.717, 1.165) is 6.61 Å². The van der Waals surface area contributed by atoms with Crippen molar-refractivity contribution >= 4 is 8.32 Å². The summed E-state index contributed by atoms with van der Waals surface area (Å²) in [5, 5.41) is 0.266. The molecule has 0 saturated heterocycles. The number of ether oxygens (including phenoxy) is 1. The Labute approximate surface area is 144 Å². The van der Waals surface area contributed by atoms with Gasteiger partial charge in [-0.1, -0.05) is 70.2 Å². The molecule has 0 aliphatic heterocycles. The summed E-state index contributed by atoms with van der Waals surface area (Å²) in [4.78, 5) is 0. The lowest BCUT2D eigenvalue weighted by Gasteiger charge is -2.36. The van der Waals surface area contributed by atoms with Crippen molar-refractivity contribution in [1.29, 1.82) is 0 Å². The van der Waals surface area contributed by atoms with Gasteiger partial charge in [0.1, 0.15) is 0 Å². The van der Waals surface area contributed by atoms with Gasteiger partial charge in [-0.3, -0.25) is 0 Å². The monoisotopic (exact) mass is 334 g/mol. The highest BCUT2D eigenvalue weighted by Gasteiger charge is 2.37. The van der Waals surface area contributed by atoms with Crippen molar-refractivity contribution in [2.24, 2.45) is 5.92 Å². The second-order valence-electron chi connectivity index (χ2n) is 7.94. The summed E-state index contributed by atoms with van der Waals surface area (Å²) in [6.45, 7) is 17.2. The predicted molar refractivity (Wildman–Crippen MR) is 102 cm³/mol. The molecule has 0 fully saturated rings. The highest BCUT2D eigenvalue weighted by molar-refractivity contribution is 6.74. The van der Waals surface area contributed by atoms with Gasteiger partial charge in [-0.05, 0) is 36.5 Å². The fourth-order valence-corrected chi connectivity index (χ4v) is 2.93. The minimum Gasteiger partial charge on any atom is -0.416 e. The third kappa shape index (κ3) is 7.47. The van der Waals surface area contributed by atoms with Crippen LogP contribution in [0.1, 0.15) is 40.2 Å².